The molecule has 0 aliphatic carbocycles. The summed E-state index contributed by atoms with van der Waals surface area (Å²) >= 11 is 0. The number of ether oxygens (including phenoxy) is 1. The number of nitrogens with one attached hydrogen (secondary N) is 1. The fourth-order valence-electron chi connectivity index (χ4n) is 1.21. The summed E-state index contributed by atoms with van der Waals surface area (Å²) < 4.78 is 9.95. The van der Waals surface area contributed by atoms with Crippen molar-refractivity contribution in [3.05, 3.63) is 17.8 Å². The lowest BCUT2D eigenvalue weighted by molar-refractivity contribution is 0.0528. The van der Waals surface area contributed by atoms with Crippen molar-refractivity contribution < 1.29 is 23.8 Å². The normalized spacial score (nSPS) is 11.1. The zero-order valence-electron chi connectivity index (χ0n) is 10.5. The highest BCUT2D eigenvalue weighted by Gasteiger charge is 2.17. The highest BCUT2D eigenvalue weighted by Crippen LogP contribution is 2.08. The maximum atomic E-state index is 11.3. The Morgan fingerprint density at radius 3 is 2.72 bits per heavy atom. The van der Waals surface area contributed by atoms with Gasteiger partial charge in [-0.3, -0.25) is 0 Å². The maximum absolute atomic E-state index is 11.3. The second-order valence-electron chi connectivity index (χ2n) is 4.61. The van der Waals surface area contributed by atoms with Gasteiger partial charge in [-0.2, -0.15) is 0 Å². The number of rotatable bonds is 4. The first-order chi connectivity index (χ1) is 8.29. The van der Waals surface area contributed by atoms with E-state index < -0.39 is 17.7 Å². The zero-order chi connectivity index (χ0) is 13.8. The van der Waals surface area contributed by atoms with Gasteiger partial charge < -0.3 is 19.6 Å². The predicted octanol–water partition coefficient (Wildman–Crippen LogP) is 1.44. The molecule has 0 saturated heterocycles. The minimum absolute atomic E-state index is 0.138. The van der Waals surface area contributed by atoms with Crippen LogP contribution in [0.25, 0.3) is 0 Å². The predicted molar refractivity (Wildman–Crippen MR) is 61.4 cm³/mol. The van der Waals surface area contributed by atoms with Crippen molar-refractivity contribution >= 4 is 12.1 Å². The Kier molecular flexibility index (Phi) is 4.30. The Morgan fingerprint density at radius 1 is 1.50 bits per heavy atom. The molecule has 1 heterocycles. The van der Waals surface area contributed by atoms with E-state index in [-0.39, 0.29) is 24.4 Å². The van der Waals surface area contributed by atoms with E-state index in [0.717, 1.165) is 6.39 Å². The molecule has 0 radical (unpaired) electrons. The summed E-state index contributed by atoms with van der Waals surface area (Å²) in [6, 6.07) is 0. The number of hydrogen-bond donors (Lipinski definition) is 2. The molecule has 7 heteroatoms. The van der Waals surface area contributed by atoms with Crippen LogP contribution in [0, 0.1) is 0 Å². The number of carbonyl (C=O) groups is 2. The number of oxazole rings is 1. The number of hydrogen-bond acceptors (Lipinski definition) is 5. The van der Waals surface area contributed by atoms with E-state index in [1.165, 1.54) is 0 Å². The molecule has 18 heavy (non-hydrogen) atoms. The van der Waals surface area contributed by atoms with Crippen molar-refractivity contribution in [2.45, 2.75) is 32.8 Å². The SMILES string of the molecule is CC(C)(C)OC(=O)NCCc1ocnc1C(=O)O. The van der Waals surface area contributed by atoms with E-state index in [9.17, 15) is 9.59 Å². The summed E-state index contributed by atoms with van der Waals surface area (Å²) in [6.45, 7) is 5.48. The first-order valence-electron chi connectivity index (χ1n) is 5.42. The quantitative estimate of drug-likeness (QED) is 0.845. The van der Waals surface area contributed by atoms with Crippen LogP contribution in [-0.2, 0) is 11.2 Å². The fourth-order valence-corrected chi connectivity index (χ4v) is 1.21. The second-order valence-corrected chi connectivity index (χ2v) is 4.61. The van der Waals surface area contributed by atoms with Gasteiger partial charge in [-0.1, -0.05) is 0 Å². The van der Waals surface area contributed by atoms with E-state index in [1.54, 1.807) is 20.8 Å². The van der Waals surface area contributed by atoms with Gasteiger partial charge >= 0.3 is 12.1 Å². The third-order valence-corrected chi connectivity index (χ3v) is 1.86. The van der Waals surface area contributed by atoms with Crippen LogP contribution in [0.15, 0.2) is 10.8 Å². The van der Waals surface area contributed by atoms with Gasteiger partial charge in [0.1, 0.15) is 11.4 Å². The molecule has 0 unspecified atom stereocenters. The minimum Gasteiger partial charge on any atom is -0.476 e. The lowest BCUT2D eigenvalue weighted by atomic mass is 10.2. The van der Waals surface area contributed by atoms with Crippen molar-refractivity contribution in [3.63, 3.8) is 0 Å². The molecule has 0 saturated carbocycles. The van der Waals surface area contributed by atoms with E-state index in [2.05, 4.69) is 10.3 Å². The maximum Gasteiger partial charge on any atom is 0.407 e. The van der Waals surface area contributed by atoms with Gasteiger partial charge in [-0.15, -0.1) is 0 Å². The summed E-state index contributed by atoms with van der Waals surface area (Å²) in [4.78, 5) is 25.6. The lowest BCUT2D eigenvalue weighted by Gasteiger charge is -2.19. The highest BCUT2D eigenvalue weighted by molar-refractivity contribution is 5.86. The number of aromatic carboxylic acids is 1. The van der Waals surface area contributed by atoms with Crippen LogP contribution in [0.2, 0.25) is 0 Å². The van der Waals surface area contributed by atoms with Crippen LogP contribution < -0.4 is 5.32 Å². The summed E-state index contributed by atoms with van der Waals surface area (Å²) in [7, 11) is 0. The van der Waals surface area contributed by atoms with E-state index in [0.29, 0.717) is 0 Å². The molecule has 0 fully saturated rings. The molecule has 0 spiro atoms. The van der Waals surface area contributed by atoms with Crippen molar-refractivity contribution in [2.75, 3.05) is 6.54 Å². The average molecular weight is 256 g/mol. The number of carboxylic acids is 1. The van der Waals surface area contributed by atoms with Crippen molar-refractivity contribution in [2.24, 2.45) is 0 Å². The monoisotopic (exact) mass is 256 g/mol. The molecule has 0 aromatic carbocycles. The van der Waals surface area contributed by atoms with Crippen molar-refractivity contribution in [3.8, 4) is 0 Å². The molecule has 0 aliphatic heterocycles. The number of aromatic nitrogens is 1. The van der Waals surface area contributed by atoms with Crippen LogP contribution in [0.1, 0.15) is 37.0 Å². The number of amides is 1. The number of carboxylic acid groups (broad SMARTS) is 1. The molecule has 0 bridgehead atoms. The highest BCUT2D eigenvalue weighted by atomic mass is 16.6. The van der Waals surface area contributed by atoms with Gasteiger partial charge in [0.15, 0.2) is 12.1 Å². The zero-order valence-corrected chi connectivity index (χ0v) is 10.5. The molecular formula is C11H16N2O5. The summed E-state index contributed by atoms with van der Waals surface area (Å²) in [5.74, 6) is -0.936. The van der Waals surface area contributed by atoms with Gasteiger partial charge in [0.05, 0.1) is 0 Å². The van der Waals surface area contributed by atoms with Gasteiger partial charge in [0.25, 0.3) is 0 Å². The van der Waals surface area contributed by atoms with Crippen molar-refractivity contribution in [1.29, 1.82) is 0 Å². The third kappa shape index (κ3) is 4.44. The minimum atomic E-state index is -1.16. The Balaban J connectivity index is 2.40. The van der Waals surface area contributed by atoms with E-state index in [1.807, 2.05) is 0 Å². The van der Waals surface area contributed by atoms with Gasteiger partial charge in [0, 0.05) is 13.0 Å². The summed E-state index contributed by atoms with van der Waals surface area (Å²) in [5.41, 5.74) is -0.705. The molecule has 0 aliphatic rings. The molecule has 100 valence electrons. The Morgan fingerprint density at radius 2 is 2.17 bits per heavy atom. The average Bonchev–Trinajstić information content (AvgIpc) is 2.62. The number of nitrogens with zero attached hydrogens (tertiary/aromatic N) is 1. The Labute approximate surface area is 104 Å². The van der Waals surface area contributed by atoms with Crippen molar-refractivity contribution in [1.82, 2.24) is 10.3 Å². The molecule has 7 nitrogen and oxygen atoms in total. The Bertz CT molecular complexity index is 433. The largest absolute Gasteiger partial charge is 0.476 e. The van der Waals surface area contributed by atoms with E-state index in [4.69, 9.17) is 14.3 Å². The number of alkyl carbamates (subject to hydrolysis) is 1. The van der Waals surface area contributed by atoms with Crippen LogP contribution in [0.5, 0.6) is 0 Å². The summed E-state index contributed by atoms with van der Waals surface area (Å²) in [6.07, 6.45) is 0.742. The molecule has 1 rings (SSSR count). The van der Waals surface area contributed by atoms with Crippen LogP contribution in [0.4, 0.5) is 4.79 Å². The van der Waals surface area contributed by atoms with E-state index >= 15 is 0 Å². The molecule has 1 aromatic rings. The topological polar surface area (TPSA) is 102 Å². The molecule has 1 aromatic heterocycles. The summed E-state index contributed by atoms with van der Waals surface area (Å²) in [5, 5.41) is 11.3. The lowest BCUT2D eigenvalue weighted by Crippen LogP contribution is -2.33. The van der Waals surface area contributed by atoms with Gasteiger partial charge in [-0.05, 0) is 20.8 Å². The van der Waals surface area contributed by atoms with Crippen LogP contribution >= 0.6 is 0 Å². The smallest absolute Gasteiger partial charge is 0.407 e. The molecule has 0 atom stereocenters. The molecule has 2 N–H and O–H groups in total. The van der Waals surface area contributed by atoms with Gasteiger partial charge in [0.2, 0.25) is 0 Å². The third-order valence-electron chi connectivity index (χ3n) is 1.86. The van der Waals surface area contributed by atoms with Crippen LogP contribution in [0.3, 0.4) is 0 Å². The standard InChI is InChI=1S/C11H16N2O5/c1-11(2,3)18-10(16)12-5-4-7-8(9(14)15)13-6-17-7/h6H,4-5H2,1-3H3,(H,12,16)(H,14,15). The first kappa shape index (κ1) is 14.0. The van der Waals surface area contributed by atoms with Crippen LogP contribution in [-0.4, -0.2) is 34.3 Å². The first-order valence-corrected chi connectivity index (χ1v) is 5.42. The number of carbonyl (C=O) groups excluding carboxylic acids is 1. The molecular weight excluding hydrogens is 240 g/mol. The second kappa shape index (κ2) is 5.52. The molecule has 1 amide bonds. The van der Waals surface area contributed by atoms with Gasteiger partial charge in [-0.25, -0.2) is 14.6 Å². The fraction of sp³-hybridized carbons (Fsp3) is 0.545. The Hall–Kier alpha value is -2.05.